The number of hydrogen-bond acceptors (Lipinski definition) is 9. The van der Waals surface area contributed by atoms with Crippen LogP contribution in [0.3, 0.4) is 0 Å². The standard InChI is InChI=1S/C34H36O9/c1-6-32(4)18-21(35)25-33(5)22(17-23(36)34(25,41)30(32)40)31(2,3)26(42-28(38)19-13-9-7-10-14-19)24(37)27(33)43-29(39)20-15-11-8-12-16-20/h6-16,22-23,25-27,36,41H,1,17-18H2,2-5H3. The van der Waals surface area contributed by atoms with E-state index in [1.54, 1.807) is 57.2 Å². The number of rotatable bonds is 5. The molecule has 9 nitrogen and oxygen atoms in total. The SMILES string of the molecule is C=CC1(C)CC(=O)C2C(O)(C1=O)C(O)CC1C(C)(C)C(OC(=O)c3ccccc3)C(=O)C(OC(=O)c3ccccc3)C12C. The Labute approximate surface area is 249 Å². The maximum atomic E-state index is 14.5. The predicted molar refractivity (Wildman–Crippen MR) is 154 cm³/mol. The van der Waals surface area contributed by atoms with E-state index in [1.807, 2.05) is 0 Å². The van der Waals surface area contributed by atoms with Gasteiger partial charge < -0.3 is 19.7 Å². The fourth-order valence-electron chi connectivity index (χ4n) is 7.89. The fourth-order valence-corrected chi connectivity index (χ4v) is 7.89. The molecule has 0 spiro atoms. The second-order valence-electron chi connectivity index (χ2n) is 13.0. The zero-order chi connectivity index (χ0) is 31.5. The van der Waals surface area contributed by atoms with Crippen molar-refractivity contribution in [1.29, 1.82) is 0 Å². The predicted octanol–water partition coefficient (Wildman–Crippen LogP) is 3.52. The lowest BCUT2D eigenvalue weighted by molar-refractivity contribution is -0.256. The van der Waals surface area contributed by atoms with E-state index >= 15 is 0 Å². The topological polar surface area (TPSA) is 144 Å². The average molecular weight is 589 g/mol. The van der Waals surface area contributed by atoms with E-state index in [9.17, 15) is 34.2 Å². The van der Waals surface area contributed by atoms with Gasteiger partial charge in [-0.3, -0.25) is 14.4 Å². The molecule has 2 aromatic rings. The van der Waals surface area contributed by atoms with Crippen LogP contribution in [0.25, 0.3) is 0 Å². The molecule has 43 heavy (non-hydrogen) atoms. The van der Waals surface area contributed by atoms with Crippen molar-refractivity contribution in [3.63, 3.8) is 0 Å². The molecule has 2 aromatic carbocycles. The van der Waals surface area contributed by atoms with Gasteiger partial charge in [-0.15, -0.1) is 6.58 Å². The lowest BCUT2D eigenvalue weighted by Crippen LogP contribution is -2.79. The normalized spacial score (nSPS) is 36.6. The van der Waals surface area contributed by atoms with Crippen molar-refractivity contribution < 1.29 is 43.7 Å². The molecule has 9 heteroatoms. The Kier molecular flexibility index (Phi) is 7.34. The van der Waals surface area contributed by atoms with Gasteiger partial charge >= 0.3 is 11.9 Å². The Bertz CT molecular complexity index is 1500. The van der Waals surface area contributed by atoms with Crippen LogP contribution in [0, 0.1) is 28.1 Å². The first-order valence-corrected chi connectivity index (χ1v) is 14.3. The van der Waals surface area contributed by atoms with Crippen molar-refractivity contribution in [2.75, 3.05) is 0 Å². The van der Waals surface area contributed by atoms with Gasteiger partial charge in [0.25, 0.3) is 0 Å². The minimum atomic E-state index is -2.58. The smallest absolute Gasteiger partial charge is 0.338 e. The van der Waals surface area contributed by atoms with Crippen molar-refractivity contribution in [1.82, 2.24) is 0 Å². The third-order valence-corrected chi connectivity index (χ3v) is 10.1. The third kappa shape index (κ3) is 4.40. The van der Waals surface area contributed by atoms with E-state index < -0.39 is 81.3 Å². The van der Waals surface area contributed by atoms with Gasteiger partial charge in [0.2, 0.25) is 5.78 Å². The Hall–Kier alpha value is -3.95. The van der Waals surface area contributed by atoms with E-state index in [0.717, 1.165) is 0 Å². The molecule has 0 saturated heterocycles. The van der Waals surface area contributed by atoms with E-state index in [1.165, 1.54) is 37.3 Å². The summed E-state index contributed by atoms with van der Waals surface area (Å²) >= 11 is 0. The van der Waals surface area contributed by atoms with Crippen LogP contribution in [-0.2, 0) is 23.9 Å². The highest BCUT2D eigenvalue weighted by atomic mass is 16.6. The van der Waals surface area contributed by atoms with Crippen molar-refractivity contribution >= 4 is 29.3 Å². The van der Waals surface area contributed by atoms with Gasteiger partial charge in [-0.2, -0.15) is 0 Å². The summed E-state index contributed by atoms with van der Waals surface area (Å²) in [6, 6.07) is 16.0. The quantitative estimate of drug-likeness (QED) is 0.396. The maximum Gasteiger partial charge on any atom is 0.338 e. The molecule has 2 N–H and O–H groups in total. The lowest BCUT2D eigenvalue weighted by atomic mass is 9.39. The van der Waals surface area contributed by atoms with Gasteiger partial charge in [-0.1, -0.05) is 63.2 Å². The number of fused-ring (bicyclic) bond motifs is 3. The van der Waals surface area contributed by atoms with Crippen molar-refractivity contribution in [3.05, 3.63) is 84.4 Å². The molecule has 3 aliphatic carbocycles. The van der Waals surface area contributed by atoms with Crippen LogP contribution in [0.5, 0.6) is 0 Å². The molecule has 3 aliphatic rings. The van der Waals surface area contributed by atoms with Crippen LogP contribution >= 0.6 is 0 Å². The van der Waals surface area contributed by atoms with Gasteiger partial charge in [0, 0.05) is 17.3 Å². The summed E-state index contributed by atoms with van der Waals surface area (Å²) in [5.74, 6) is -6.22. The Morgan fingerprint density at radius 1 is 0.860 bits per heavy atom. The van der Waals surface area contributed by atoms with Crippen LogP contribution in [0.1, 0.15) is 61.3 Å². The van der Waals surface area contributed by atoms with Gasteiger partial charge in [-0.25, -0.2) is 9.59 Å². The highest BCUT2D eigenvalue weighted by Gasteiger charge is 2.77. The third-order valence-electron chi connectivity index (χ3n) is 10.1. The summed E-state index contributed by atoms with van der Waals surface area (Å²) in [5.41, 5.74) is -6.59. The number of aliphatic hydroxyl groups excluding tert-OH is 1. The van der Waals surface area contributed by atoms with Gasteiger partial charge in [0.1, 0.15) is 5.78 Å². The molecule has 0 bridgehead atoms. The molecule has 3 saturated carbocycles. The van der Waals surface area contributed by atoms with Crippen LogP contribution in [-0.4, -0.2) is 63.4 Å². The fraction of sp³-hybridized carbons (Fsp3) is 0.441. The summed E-state index contributed by atoms with van der Waals surface area (Å²) in [5, 5.41) is 23.5. The summed E-state index contributed by atoms with van der Waals surface area (Å²) in [7, 11) is 0. The number of ether oxygens (including phenoxy) is 2. The van der Waals surface area contributed by atoms with Gasteiger partial charge in [0.15, 0.2) is 23.6 Å². The molecular weight excluding hydrogens is 552 g/mol. The van der Waals surface area contributed by atoms with Crippen LogP contribution in [0.2, 0.25) is 0 Å². The molecular formula is C34H36O9. The largest absolute Gasteiger partial charge is 0.450 e. The number of benzene rings is 2. The van der Waals surface area contributed by atoms with Crippen molar-refractivity contribution in [2.24, 2.45) is 28.1 Å². The highest BCUT2D eigenvalue weighted by Crippen LogP contribution is 2.65. The molecule has 8 atom stereocenters. The van der Waals surface area contributed by atoms with Crippen LogP contribution < -0.4 is 0 Å². The van der Waals surface area contributed by atoms with Crippen molar-refractivity contribution in [3.8, 4) is 0 Å². The molecule has 0 amide bonds. The zero-order valence-electron chi connectivity index (χ0n) is 24.6. The van der Waals surface area contributed by atoms with Gasteiger partial charge in [-0.05, 0) is 43.5 Å². The first-order valence-electron chi connectivity index (χ1n) is 14.3. The Morgan fingerprint density at radius 3 is 1.84 bits per heavy atom. The van der Waals surface area contributed by atoms with E-state index in [2.05, 4.69) is 6.58 Å². The molecule has 0 aliphatic heterocycles. The second kappa shape index (κ2) is 10.3. The Balaban J connectivity index is 1.66. The number of hydrogen-bond donors (Lipinski definition) is 2. The van der Waals surface area contributed by atoms with Crippen molar-refractivity contribution in [2.45, 2.75) is 64.4 Å². The van der Waals surface area contributed by atoms with Gasteiger partial charge in [0.05, 0.1) is 28.6 Å². The lowest BCUT2D eigenvalue weighted by Gasteiger charge is -2.65. The summed E-state index contributed by atoms with van der Waals surface area (Å²) < 4.78 is 11.7. The molecule has 0 radical (unpaired) electrons. The molecule has 0 heterocycles. The number of carbonyl (C=O) groups excluding carboxylic acids is 5. The van der Waals surface area contributed by atoms with E-state index in [-0.39, 0.29) is 24.0 Å². The van der Waals surface area contributed by atoms with Crippen LogP contribution in [0.4, 0.5) is 0 Å². The van der Waals surface area contributed by atoms with E-state index in [4.69, 9.17) is 9.47 Å². The summed E-state index contributed by atoms with van der Waals surface area (Å²) in [4.78, 5) is 69.0. The number of allylic oxidation sites excluding steroid dienone is 1. The maximum absolute atomic E-state index is 14.5. The number of aliphatic hydroxyl groups is 2. The first kappa shape index (κ1) is 30.5. The molecule has 0 aromatic heterocycles. The first-order chi connectivity index (χ1) is 20.1. The zero-order valence-corrected chi connectivity index (χ0v) is 24.6. The average Bonchev–Trinajstić information content (AvgIpc) is 2.98. The second-order valence-corrected chi connectivity index (χ2v) is 13.0. The minimum Gasteiger partial charge on any atom is -0.450 e. The highest BCUT2D eigenvalue weighted by molar-refractivity contribution is 6.07. The molecule has 8 unspecified atom stereocenters. The Morgan fingerprint density at radius 2 is 1.35 bits per heavy atom. The molecule has 5 rings (SSSR count). The minimum absolute atomic E-state index is 0.134. The summed E-state index contributed by atoms with van der Waals surface area (Å²) in [6.07, 6.45) is -4.13. The molecule has 226 valence electrons. The number of ketones is 3. The number of esters is 2. The number of carbonyl (C=O) groups is 5. The van der Waals surface area contributed by atoms with Crippen LogP contribution in [0.15, 0.2) is 73.3 Å². The molecule has 3 fully saturated rings. The summed E-state index contributed by atoms with van der Waals surface area (Å²) in [6.45, 7) is 10.0. The number of Topliss-reactive ketones (excluding diaryl/α,β-unsaturated/α-hetero) is 3. The van der Waals surface area contributed by atoms with E-state index in [0.29, 0.717) is 0 Å². The monoisotopic (exact) mass is 588 g/mol.